The van der Waals surface area contributed by atoms with Gasteiger partial charge in [-0.2, -0.15) is 11.8 Å². The van der Waals surface area contributed by atoms with Gasteiger partial charge in [-0.3, -0.25) is 9.36 Å². The molecule has 0 spiro atoms. The molecule has 10 nitrogen and oxygen atoms in total. The van der Waals surface area contributed by atoms with E-state index in [0.29, 0.717) is 23.4 Å². The van der Waals surface area contributed by atoms with Crippen LogP contribution >= 0.6 is 11.8 Å². The zero-order chi connectivity index (χ0) is 21.3. The Hall–Kier alpha value is -1.95. The number of unbranched alkanes of at least 4 members (excludes halogenated alkanes) is 1. The van der Waals surface area contributed by atoms with Gasteiger partial charge in [0.1, 0.15) is 24.1 Å². The first-order valence-corrected chi connectivity index (χ1v) is 11.1. The Morgan fingerprint density at radius 2 is 2.07 bits per heavy atom. The predicted octanol–water partition coefficient (Wildman–Crippen LogP) is 1.90. The molecule has 0 saturated carbocycles. The molecule has 2 saturated heterocycles. The second-order valence-electron chi connectivity index (χ2n) is 7.82. The predicted molar refractivity (Wildman–Crippen MR) is 111 cm³/mol. The van der Waals surface area contributed by atoms with Gasteiger partial charge in [-0.15, -0.1) is 0 Å². The van der Waals surface area contributed by atoms with Gasteiger partial charge in [0.05, 0.1) is 19.5 Å². The van der Waals surface area contributed by atoms with Crippen molar-refractivity contribution in [3.63, 3.8) is 0 Å². The topological polar surface area (TPSA) is 124 Å². The van der Waals surface area contributed by atoms with Crippen LogP contribution in [0.3, 0.4) is 0 Å². The fraction of sp³-hybridized carbons (Fsp3) is 0.684. The minimum Gasteiger partial charge on any atom is -0.469 e. The average molecular weight is 438 g/mol. The highest BCUT2D eigenvalue weighted by Crippen LogP contribution is 2.44. The molecule has 0 aromatic carbocycles. The summed E-state index contributed by atoms with van der Waals surface area (Å²) in [6, 6.07) is 0. The zero-order valence-corrected chi connectivity index (χ0v) is 18.1. The van der Waals surface area contributed by atoms with E-state index in [1.807, 2.05) is 18.4 Å². The summed E-state index contributed by atoms with van der Waals surface area (Å²) in [5, 5.41) is 0. The van der Waals surface area contributed by atoms with Crippen molar-refractivity contribution in [3.05, 3.63) is 12.7 Å². The summed E-state index contributed by atoms with van der Waals surface area (Å²) in [6.07, 6.45) is 4.26. The largest absolute Gasteiger partial charge is 0.469 e. The number of hydrogen-bond acceptors (Lipinski definition) is 10. The second-order valence-corrected chi connectivity index (χ2v) is 8.97. The number of thioether (sulfide) groups is 1. The molecule has 4 atom stereocenters. The normalized spacial score (nSPS) is 27.4. The number of fused-ring (bicyclic) bond motifs is 2. The van der Waals surface area contributed by atoms with Crippen molar-refractivity contribution in [3.8, 4) is 0 Å². The number of methoxy groups -OCH3 is 1. The molecule has 0 unspecified atom stereocenters. The maximum atomic E-state index is 11.2. The number of ether oxygens (including phenoxy) is 4. The van der Waals surface area contributed by atoms with Gasteiger partial charge in [0, 0.05) is 12.2 Å². The lowest BCUT2D eigenvalue weighted by molar-refractivity contribution is -0.193. The van der Waals surface area contributed by atoms with E-state index < -0.39 is 12.0 Å². The van der Waals surface area contributed by atoms with Crippen LogP contribution in [0.5, 0.6) is 0 Å². The molecule has 2 aliphatic rings. The Bertz CT molecular complexity index is 907. The summed E-state index contributed by atoms with van der Waals surface area (Å²) < 4.78 is 25.2. The van der Waals surface area contributed by atoms with Crippen LogP contribution in [0.4, 0.5) is 5.82 Å². The number of nitrogens with two attached hydrogens (primary N) is 1. The van der Waals surface area contributed by atoms with Gasteiger partial charge in [0.25, 0.3) is 0 Å². The highest BCUT2D eigenvalue weighted by Gasteiger charge is 2.55. The molecule has 0 amide bonds. The lowest BCUT2D eigenvalue weighted by atomic mass is 10.1. The van der Waals surface area contributed by atoms with Crippen molar-refractivity contribution in [1.29, 1.82) is 0 Å². The third kappa shape index (κ3) is 4.25. The summed E-state index contributed by atoms with van der Waals surface area (Å²) in [6.45, 7) is 3.82. The van der Waals surface area contributed by atoms with E-state index in [1.54, 1.807) is 18.1 Å². The van der Waals surface area contributed by atoms with Crippen molar-refractivity contribution in [2.75, 3.05) is 24.3 Å². The molecule has 2 N–H and O–H groups in total. The molecule has 0 radical (unpaired) electrons. The van der Waals surface area contributed by atoms with Crippen molar-refractivity contribution >= 4 is 34.7 Å². The minimum atomic E-state index is -0.689. The molecule has 2 aromatic rings. The number of esters is 1. The van der Waals surface area contributed by atoms with Crippen LogP contribution in [0.25, 0.3) is 11.2 Å². The summed E-state index contributed by atoms with van der Waals surface area (Å²) in [7, 11) is 1.41. The van der Waals surface area contributed by atoms with Gasteiger partial charge in [-0.05, 0) is 32.4 Å². The number of rotatable bonds is 8. The molecule has 164 valence electrons. The molecule has 2 aromatic heterocycles. The van der Waals surface area contributed by atoms with Gasteiger partial charge in [-0.1, -0.05) is 0 Å². The lowest BCUT2D eigenvalue weighted by Crippen LogP contribution is -2.31. The quantitative estimate of drug-likeness (QED) is 0.484. The zero-order valence-electron chi connectivity index (χ0n) is 17.3. The molecule has 2 aliphatic heterocycles. The Balaban J connectivity index is 1.42. The third-order valence-corrected chi connectivity index (χ3v) is 6.36. The third-order valence-electron chi connectivity index (χ3n) is 5.22. The SMILES string of the molecule is COC(=O)CCCCSC[C@H]1O[C@@H](n2cnc3c(N)ncnc32)[C@@H]2OC(C)(C)O[C@H]21. The van der Waals surface area contributed by atoms with E-state index in [-0.39, 0.29) is 24.3 Å². The Morgan fingerprint density at radius 1 is 1.27 bits per heavy atom. The van der Waals surface area contributed by atoms with Gasteiger partial charge in [-0.25, -0.2) is 15.0 Å². The van der Waals surface area contributed by atoms with Gasteiger partial charge in [0.15, 0.2) is 23.5 Å². The van der Waals surface area contributed by atoms with E-state index in [4.69, 9.17) is 19.9 Å². The van der Waals surface area contributed by atoms with Gasteiger partial charge in [0.2, 0.25) is 0 Å². The highest BCUT2D eigenvalue weighted by atomic mass is 32.2. The molecule has 11 heteroatoms. The van der Waals surface area contributed by atoms with Gasteiger partial charge < -0.3 is 24.7 Å². The summed E-state index contributed by atoms with van der Waals surface area (Å²) in [5.74, 6) is 1.17. The summed E-state index contributed by atoms with van der Waals surface area (Å²) >= 11 is 1.78. The molecule has 0 bridgehead atoms. The number of carbonyl (C=O) groups is 1. The van der Waals surface area contributed by atoms with E-state index in [9.17, 15) is 4.79 Å². The molecule has 30 heavy (non-hydrogen) atoms. The average Bonchev–Trinajstić information content (AvgIpc) is 3.36. The van der Waals surface area contributed by atoms with Crippen LogP contribution in [-0.2, 0) is 23.7 Å². The Labute approximate surface area is 178 Å². The standard InChI is InChI=1S/C19H27N5O5S/c1-19(2)28-14-11(8-30-7-5-4-6-12(25)26-3)27-18(15(14)29-19)24-10-23-13-16(20)21-9-22-17(13)24/h9-11,14-15,18H,4-8H2,1-3H3,(H2,20,21,22)/t11-,14+,15-,18-/m1/s1. The number of imidazole rings is 1. The first-order chi connectivity index (χ1) is 14.4. The van der Waals surface area contributed by atoms with Crippen molar-refractivity contribution in [2.24, 2.45) is 0 Å². The van der Waals surface area contributed by atoms with Crippen molar-refractivity contribution < 1.29 is 23.7 Å². The number of aromatic nitrogens is 4. The van der Waals surface area contributed by atoms with Crippen LogP contribution in [0, 0.1) is 0 Å². The molecule has 2 fully saturated rings. The fourth-order valence-corrected chi connectivity index (χ4v) is 4.92. The lowest BCUT2D eigenvalue weighted by Gasteiger charge is -2.24. The maximum absolute atomic E-state index is 11.2. The smallest absolute Gasteiger partial charge is 0.305 e. The fourth-order valence-electron chi connectivity index (χ4n) is 3.85. The highest BCUT2D eigenvalue weighted by molar-refractivity contribution is 7.99. The summed E-state index contributed by atoms with van der Waals surface area (Å²) in [5.41, 5.74) is 7.07. The van der Waals surface area contributed by atoms with Crippen LogP contribution in [0.15, 0.2) is 12.7 Å². The van der Waals surface area contributed by atoms with Crippen LogP contribution in [0.2, 0.25) is 0 Å². The van der Waals surface area contributed by atoms with E-state index >= 15 is 0 Å². The number of anilines is 1. The Morgan fingerprint density at radius 3 is 2.87 bits per heavy atom. The maximum Gasteiger partial charge on any atom is 0.305 e. The van der Waals surface area contributed by atoms with Crippen molar-refractivity contribution in [2.45, 2.75) is 63.4 Å². The molecule has 4 rings (SSSR count). The van der Waals surface area contributed by atoms with E-state index in [1.165, 1.54) is 13.4 Å². The molecule has 0 aliphatic carbocycles. The first kappa shape index (κ1) is 21.3. The Kier molecular flexibility index (Phi) is 6.14. The van der Waals surface area contributed by atoms with Crippen LogP contribution in [-0.4, -0.2) is 68.2 Å². The number of hydrogen-bond donors (Lipinski definition) is 1. The minimum absolute atomic E-state index is 0.135. The van der Waals surface area contributed by atoms with E-state index in [2.05, 4.69) is 19.7 Å². The number of nitrogens with zero attached hydrogens (tertiary/aromatic N) is 4. The molecular formula is C19H27N5O5S. The summed E-state index contributed by atoms with van der Waals surface area (Å²) in [4.78, 5) is 23.9. The van der Waals surface area contributed by atoms with Gasteiger partial charge >= 0.3 is 5.97 Å². The first-order valence-electron chi connectivity index (χ1n) is 9.98. The second kappa shape index (κ2) is 8.66. The van der Waals surface area contributed by atoms with Crippen molar-refractivity contribution in [1.82, 2.24) is 19.5 Å². The monoisotopic (exact) mass is 437 g/mol. The molecule has 4 heterocycles. The van der Waals surface area contributed by atoms with E-state index in [0.717, 1.165) is 24.3 Å². The molecular weight excluding hydrogens is 410 g/mol. The number of nitrogen functional groups attached to an aromatic ring is 1. The van der Waals surface area contributed by atoms with Crippen LogP contribution in [0.1, 0.15) is 39.3 Å². The number of carbonyl (C=O) groups excluding carboxylic acids is 1. The van der Waals surface area contributed by atoms with Crippen LogP contribution < -0.4 is 5.73 Å².